The zero-order valence-electron chi connectivity index (χ0n) is 9.16. The Morgan fingerprint density at radius 2 is 2.25 bits per heavy atom. The van der Waals surface area contributed by atoms with Crippen LogP contribution in [0.5, 0.6) is 0 Å². The SMILES string of the molecule is C#CC(CCC)NC(=O)c1ccccc1Br. The molecule has 0 bridgehead atoms. The molecular weight excluding hydrogens is 266 g/mol. The number of nitrogens with one attached hydrogen (secondary N) is 1. The largest absolute Gasteiger partial charge is 0.338 e. The number of terminal acetylenes is 1. The number of benzene rings is 1. The molecule has 2 nitrogen and oxygen atoms in total. The van der Waals surface area contributed by atoms with E-state index < -0.39 is 0 Å². The molecule has 1 rings (SSSR count). The Bertz CT molecular complexity index is 409. The van der Waals surface area contributed by atoms with E-state index in [0.717, 1.165) is 17.3 Å². The van der Waals surface area contributed by atoms with Crippen LogP contribution in [0, 0.1) is 12.3 Å². The summed E-state index contributed by atoms with van der Waals surface area (Å²) in [5.41, 5.74) is 0.610. The van der Waals surface area contributed by atoms with Gasteiger partial charge in [-0.25, -0.2) is 0 Å². The Morgan fingerprint density at radius 1 is 1.56 bits per heavy atom. The van der Waals surface area contributed by atoms with E-state index in [-0.39, 0.29) is 11.9 Å². The number of hydrogen-bond acceptors (Lipinski definition) is 1. The van der Waals surface area contributed by atoms with E-state index in [2.05, 4.69) is 27.2 Å². The van der Waals surface area contributed by atoms with Crippen LogP contribution in [0.2, 0.25) is 0 Å². The van der Waals surface area contributed by atoms with Crippen molar-refractivity contribution in [3.63, 3.8) is 0 Å². The van der Waals surface area contributed by atoms with E-state index in [1.807, 2.05) is 25.1 Å². The second-order valence-corrected chi connectivity index (χ2v) is 4.32. The first-order chi connectivity index (χ1) is 7.69. The topological polar surface area (TPSA) is 29.1 Å². The molecule has 0 saturated heterocycles. The third-order valence-electron chi connectivity index (χ3n) is 2.20. The van der Waals surface area contributed by atoms with E-state index in [9.17, 15) is 4.79 Å². The molecule has 1 aromatic carbocycles. The number of hydrogen-bond donors (Lipinski definition) is 1. The average Bonchev–Trinajstić information content (AvgIpc) is 2.28. The number of rotatable bonds is 4. The van der Waals surface area contributed by atoms with Gasteiger partial charge >= 0.3 is 0 Å². The minimum absolute atomic E-state index is 0.135. The maximum atomic E-state index is 11.9. The molecule has 0 fully saturated rings. The zero-order valence-corrected chi connectivity index (χ0v) is 10.8. The lowest BCUT2D eigenvalue weighted by atomic mass is 10.1. The van der Waals surface area contributed by atoms with Gasteiger partial charge < -0.3 is 5.32 Å². The predicted molar refractivity (Wildman–Crippen MR) is 69.1 cm³/mol. The Balaban J connectivity index is 2.73. The number of carbonyl (C=O) groups is 1. The zero-order chi connectivity index (χ0) is 12.0. The third-order valence-corrected chi connectivity index (χ3v) is 2.89. The molecule has 1 unspecified atom stereocenters. The van der Waals surface area contributed by atoms with Crippen molar-refractivity contribution in [2.75, 3.05) is 0 Å². The summed E-state index contributed by atoms with van der Waals surface area (Å²) in [6.07, 6.45) is 7.09. The van der Waals surface area contributed by atoms with Crippen molar-refractivity contribution in [2.45, 2.75) is 25.8 Å². The van der Waals surface area contributed by atoms with Gasteiger partial charge in [-0.2, -0.15) is 0 Å². The van der Waals surface area contributed by atoms with E-state index in [4.69, 9.17) is 6.42 Å². The van der Waals surface area contributed by atoms with Gasteiger partial charge in [-0.1, -0.05) is 31.4 Å². The smallest absolute Gasteiger partial charge is 0.253 e. The molecule has 84 valence electrons. The molecular formula is C13H14BrNO. The van der Waals surface area contributed by atoms with Crippen molar-refractivity contribution >= 4 is 21.8 Å². The molecule has 1 N–H and O–H groups in total. The molecule has 0 aliphatic heterocycles. The summed E-state index contributed by atoms with van der Waals surface area (Å²) < 4.78 is 0.778. The average molecular weight is 280 g/mol. The first-order valence-corrected chi connectivity index (χ1v) is 5.99. The van der Waals surface area contributed by atoms with Gasteiger partial charge in [0.1, 0.15) is 0 Å². The van der Waals surface area contributed by atoms with Crippen LogP contribution >= 0.6 is 15.9 Å². The molecule has 0 aliphatic carbocycles. The Hall–Kier alpha value is -1.27. The van der Waals surface area contributed by atoms with Crippen molar-refractivity contribution < 1.29 is 4.79 Å². The van der Waals surface area contributed by atoms with Gasteiger partial charge in [0.25, 0.3) is 5.91 Å². The summed E-state index contributed by atoms with van der Waals surface area (Å²) >= 11 is 3.34. The van der Waals surface area contributed by atoms with Gasteiger partial charge in [0.05, 0.1) is 11.6 Å². The molecule has 3 heteroatoms. The van der Waals surface area contributed by atoms with Crippen LogP contribution in [0.25, 0.3) is 0 Å². The summed E-state index contributed by atoms with van der Waals surface area (Å²) in [6.45, 7) is 2.04. The first-order valence-electron chi connectivity index (χ1n) is 5.20. The summed E-state index contributed by atoms with van der Waals surface area (Å²) in [5, 5.41) is 2.82. The van der Waals surface area contributed by atoms with Crippen LogP contribution in [-0.2, 0) is 0 Å². The molecule has 0 aromatic heterocycles. The Kier molecular flexibility index (Phi) is 5.07. The van der Waals surface area contributed by atoms with Crippen LogP contribution in [0.15, 0.2) is 28.7 Å². The van der Waals surface area contributed by atoms with Crippen molar-refractivity contribution in [3.8, 4) is 12.3 Å². The Labute approximate surface area is 105 Å². The van der Waals surface area contributed by atoms with Crippen molar-refractivity contribution in [1.82, 2.24) is 5.32 Å². The summed E-state index contributed by atoms with van der Waals surface area (Å²) in [7, 11) is 0. The van der Waals surface area contributed by atoms with E-state index >= 15 is 0 Å². The fourth-order valence-corrected chi connectivity index (χ4v) is 1.83. The summed E-state index contributed by atoms with van der Waals surface area (Å²) in [6, 6.07) is 7.10. The molecule has 1 aromatic rings. The highest BCUT2D eigenvalue weighted by Crippen LogP contribution is 2.15. The van der Waals surface area contributed by atoms with Crippen LogP contribution in [-0.4, -0.2) is 11.9 Å². The standard InChI is InChI=1S/C13H14BrNO/c1-3-7-10(4-2)15-13(16)11-8-5-6-9-12(11)14/h2,5-6,8-10H,3,7H2,1H3,(H,15,16). The van der Waals surface area contributed by atoms with Crippen LogP contribution in [0.4, 0.5) is 0 Å². The molecule has 0 spiro atoms. The summed E-state index contributed by atoms with van der Waals surface area (Å²) in [5.74, 6) is 2.44. The highest BCUT2D eigenvalue weighted by atomic mass is 79.9. The second kappa shape index (κ2) is 6.34. The van der Waals surface area contributed by atoms with Gasteiger partial charge in [-0.3, -0.25) is 4.79 Å². The molecule has 0 aliphatic rings. The maximum Gasteiger partial charge on any atom is 0.253 e. The van der Waals surface area contributed by atoms with Gasteiger partial charge in [-0.05, 0) is 34.5 Å². The molecule has 0 heterocycles. The van der Waals surface area contributed by atoms with E-state index in [1.165, 1.54) is 0 Å². The second-order valence-electron chi connectivity index (χ2n) is 3.46. The molecule has 1 atom stereocenters. The fourth-order valence-electron chi connectivity index (χ4n) is 1.37. The quantitative estimate of drug-likeness (QED) is 0.844. The predicted octanol–water partition coefficient (Wildman–Crippen LogP) is 2.98. The minimum Gasteiger partial charge on any atom is -0.338 e. The van der Waals surface area contributed by atoms with Crippen LogP contribution < -0.4 is 5.32 Å². The maximum absolute atomic E-state index is 11.9. The fraction of sp³-hybridized carbons (Fsp3) is 0.308. The third kappa shape index (κ3) is 3.39. The van der Waals surface area contributed by atoms with E-state index in [1.54, 1.807) is 6.07 Å². The summed E-state index contributed by atoms with van der Waals surface area (Å²) in [4.78, 5) is 11.9. The van der Waals surface area contributed by atoms with Crippen LogP contribution in [0.3, 0.4) is 0 Å². The van der Waals surface area contributed by atoms with Gasteiger partial charge in [0.15, 0.2) is 0 Å². The van der Waals surface area contributed by atoms with Crippen LogP contribution in [0.1, 0.15) is 30.1 Å². The van der Waals surface area contributed by atoms with Gasteiger partial charge in [-0.15, -0.1) is 6.42 Å². The van der Waals surface area contributed by atoms with Crippen molar-refractivity contribution in [1.29, 1.82) is 0 Å². The number of amides is 1. The highest BCUT2D eigenvalue weighted by molar-refractivity contribution is 9.10. The molecule has 0 saturated carbocycles. The Morgan fingerprint density at radius 3 is 2.81 bits per heavy atom. The minimum atomic E-state index is -0.190. The van der Waals surface area contributed by atoms with Gasteiger partial charge in [0.2, 0.25) is 0 Å². The molecule has 16 heavy (non-hydrogen) atoms. The number of carbonyl (C=O) groups excluding carboxylic acids is 1. The first kappa shape index (κ1) is 12.8. The van der Waals surface area contributed by atoms with Gasteiger partial charge in [0, 0.05) is 4.47 Å². The van der Waals surface area contributed by atoms with Crippen molar-refractivity contribution in [2.24, 2.45) is 0 Å². The lowest BCUT2D eigenvalue weighted by Crippen LogP contribution is -2.33. The van der Waals surface area contributed by atoms with Crippen molar-refractivity contribution in [3.05, 3.63) is 34.3 Å². The molecule has 0 radical (unpaired) electrons. The van der Waals surface area contributed by atoms with E-state index in [0.29, 0.717) is 5.56 Å². The lowest BCUT2D eigenvalue weighted by Gasteiger charge is -2.12. The lowest BCUT2D eigenvalue weighted by molar-refractivity contribution is 0.0943. The number of halogens is 1. The molecule has 1 amide bonds. The monoisotopic (exact) mass is 279 g/mol. The highest BCUT2D eigenvalue weighted by Gasteiger charge is 2.12. The normalized spacial score (nSPS) is 11.6.